The number of carboxylic acid groups (broad SMARTS) is 2. The maximum Gasteiger partial charge on any atom is 0.345 e. The number of benzene rings is 3. The molecule has 3 aromatic carbocycles. The van der Waals surface area contributed by atoms with Gasteiger partial charge in [-0.3, -0.25) is 0 Å². The molecule has 0 saturated carbocycles. The molecule has 12 nitrogen and oxygen atoms in total. The fourth-order valence-corrected chi connectivity index (χ4v) is 2.89. The van der Waals surface area contributed by atoms with E-state index >= 15 is 0 Å². The summed E-state index contributed by atoms with van der Waals surface area (Å²) in [7, 11) is 0. The van der Waals surface area contributed by atoms with Crippen molar-refractivity contribution in [1.82, 2.24) is 0 Å². The molecule has 0 fully saturated rings. The Morgan fingerprint density at radius 1 is 0.641 bits per heavy atom. The topological polar surface area (TPSA) is 222 Å². The van der Waals surface area contributed by atoms with Crippen molar-refractivity contribution in [3.05, 3.63) is 83.4 Å². The van der Waals surface area contributed by atoms with E-state index in [0.29, 0.717) is 16.7 Å². The van der Waals surface area contributed by atoms with Gasteiger partial charge in [0.2, 0.25) is 6.10 Å². The fourth-order valence-electron chi connectivity index (χ4n) is 2.89. The normalized spacial score (nSPS) is 11.5. The van der Waals surface area contributed by atoms with E-state index in [1.165, 1.54) is 66.7 Å². The largest absolute Gasteiger partial charge is 0.504 e. The Labute approximate surface area is 220 Å². The summed E-state index contributed by atoms with van der Waals surface area (Å²) in [5.74, 6) is -5.30. The number of aliphatic carboxylic acids is 2. The Morgan fingerprint density at radius 3 is 1.54 bits per heavy atom. The van der Waals surface area contributed by atoms with Crippen LogP contribution in [-0.4, -0.2) is 64.9 Å². The summed E-state index contributed by atoms with van der Waals surface area (Å²) >= 11 is 0. The summed E-state index contributed by atoms with van der Waals surface area (Å²) < 4.78 is 4.88. The number of phenols is 6. The number of aromatic hydroxyl groups is 6. The third-order valence-corrected chi connectivity index (χ3v) is 4.82. The molecule has 0 spiro atoms. The molecule has 204 valence electrons. The van der Waals surface area contributed by atoms with Crippen LogP contribution in [0.4, 0.5) is 0 Å². The molecule has 3 aromatic rings. The van der Waals surface area contributed by atoms with Crippen molar-refractivity contribution < 1.29 is 60.0 Å². The van der Waals surface area contributed by atoms with Gasteiger partial charge in [0, 0.05) is 18.6 Å². The van der Waals surface area contributed by atoms with Crippen LogP contribution in [-0.2, 0) is 25.5 Å². The first kappa shape index (κ1) is 29.6. The molecule has 3 rings (SSSR count). The SMILES string of the molecule is O=C(/C=C/c1ccc(O)c(O)c1)OC(Cc1ccc(O)c(O)c1)C(=O)O.O=C(O)/C=C/c1ccc(O)c(O)c1. The summed E-state index contributed by atoms with van der Waals surface area (Å²) in [6.45, 7) is 0. The number of carboxylic acids is 2. The molecule has 0 heterocycles. The van der Waals surface area contributed by atoms with Gasteiger partial charge in [0.1, 0.15) is 0 Å². The van der Waals surface area contributed by atoms with E-state index in [2.05, 4.69) is 0 Å². The van der Waals surface area contributed by atoms with Crippen molar-refractivity contribution in [3.8, 4) is 34.5 Å². The summed E-state index contributed by atoms with van der Waals surface area (Å²) in [4.78, 5) is 33.2. The van der Waals surface area contributed by atoms with E-state index < -0.39 is 29.8 Å². The van der Waals surface area contributed by atoms with Gasteiger partial charge in [0.25, 0.3) is 0 Å². The maximum atomic E-state index is 11.8. The zero-order chi connectivity index (χ0) is 29.1. The van der Waals surface area contributed by atoms with Gasteiger partial charge in [-0.1, -0.05) is 18.2 Å². The number of rotatable bonds is 8. The van der Waals surface area contributed by atoms with E-state index in [1.807, 2.05) is 0 Å². The Kier molecular flexibility index (Phi) is 10.3. The second kappa shape index (κ2) is 13.6. The number of hydrogen-bond donors (Lipinski definition) is 8. The molecule has 0 aliphatic rings. The zero-order valence-electron chi connectivity index (χ0n) is 20.0. The molecule has 8 N–H and O–H groups in total. The molecule has 0 saturated heterocycles. The highest BCUT2D eigenvalue weighted by Gasteiger charge is 2.22. The second-order valence-corrected chi connectivity index (χ2v) is 7.79. The van der Waals surface area contributed by atoms with E-state index in [0.717, 1.165) is 12.2 Å². The molecular weight excluding hydrogens is 516 g/mol. The van der Waals surface area contributed by atoms with E-state index in [4.69, 9.17) is 20.1 Å². The van der Waals surface area contributed by atoms with Crippen molar-refractivity contribution in [3.63, 3.8) is 0 Å². The molecule has 0 aliphatic carbocycles. The van der Waals surface area contributed by atoms with Crippen molar-refractivity contribution in [2.75, 3.05) is 0 Å². The third kappa shape index (κ3) is 9.73. The first-order valence-corrected chi connectivity index (χ1v) is 10.9. The molecule has 0 aliphatic heterocycles. The van der Waals surface area contributed by atoms with Gasteiger partial charge in [0.15, 0.2) is 34.5 Å². The highest BCUT2D eigenvalue weighted by molar-refractivity contribution is 5.89. The number of esters is 1. The van der Waals surface area contributed by atoms with Gasteiger partial charge in [-0.05, 0) is 65.2 Å². The van der Waals surface area contributed by atoms with Crippen LogP contribution >= 0.6 is 0 Å². The smallest absolute Gasteiger partial charge is 0.345 e. The van der Waals surface area contributed by atoms with Gasteiger partial charge in [-0.2, -0.15) is 0 Å². The molecule has 0 bridgehead atoms. The molecule has 12 heteroatoms. The highest BCUT2D eigenvalue weighted by Crippen LogP contribution is 2.27. The predicted molar refractivity (Wildman–Crippen MR) is 136 cm³/mol. The molecule has 0 amide bonds. The molecule has 39 heavy (non-hydrogen) atoms. The number of phenolic OH excluding ortho intramolecular Hbond substituents is 6. The fraction of sp³-hybridized carbons (Fsp3) is 0.0741. The van der Waals surface area contributed by atoms with Crippen LogP contribution in [0, 0.1) is 0 Å². The Morgan fingerprint density at radius 2 is 1.10 bits per heavy atom. The lowest BCUT2D eigenvalue weighted by molar-refractivity contribution is -0.160. The Hall–Kier alpha value is -5.65. The summed E-state index contributed by atoms with van der Waals surface area (Å²) in [6, 6.07) is 11.7. The summed E-state index contributed by atoms with van der Waals surface area (Å²) in [5.41, 5.74) is 1.26. The van der Waals surface area contributed by atoms with E-state index in [1.54, 1.807) is 0 Å². The summed E-state index contributed by atoms with van der Waals surface area (Å²) in [5, 5.41) is 72.7. The quantitative estimate of drug-likeness (QED) is 0.117. The predicted octanol–water partition coefficient (Wildman–Crippen LogP) is 2.96. The molecular formula is C27H24O12. The molecule has 1 atom stereocenters. The Bertz CT molecular complexity index is 1410. The minimum Gasteiger partial charge on any atom is -0.504 e. The minimum atomic E-state index is -1.50. The van der Waals surface area contributed by atoms with Crippen LogP contribution in [0.25, 0.3) is 12.2 Å². The number of carbonyl (C=O) groups is 3. The first-order valence-electron chi connectivity index (χ1n) is 10.9. The first-order chi connectivity index (χ1) is 18.3. The summed E-state index contributed by atoms with van der Waals surface area (Å²) in [6.07, 6.45) is 2.84. The maximum absolute atomic E-state index is 11.8. The third-order valence-electron chi connectivity index (χ3n) is 4.82. The van der Waals surface area contributed by atoms with E-state index in [-0.39, 0.29) is 35.2 Å². The molecule has 0 aromatic heterocycles. The van der Waals surface area contributed by atoms with Gasteiger partial charge < -0.3 is 45.6 Å². The monoisotopic (exact) mass is 540 g/mol. The molecule has 0 radical (unpaired) electrons. The van der Waals surface area contributed by atoms with Crippen LogP contribution in [0.5, 0.6) is 34.5 Å². The highest BCUT2D eigenvalue weighted by atomic mass is 16.6. The zero-order valence-corrected chi connectivity index (χ0v) is 20.0. The lowest BCUT2D eigenvalue weighted by Gasteiger charge is -2.13. The average molecular weight is 540 g/mol. The lowest BCUT2D eigenvalue weighted by atomic mass is 10.1. The van der Waals surface area contributed by atoms with Crippen molar-refractivity contribution in [2.24, 2.45) is 0 Å². The van der Waals surface area contributed by atoms with Crippen molar-refractivity contribution in [1.29, 1.82) is 0 Å². The van der Waals surface area contributed by atoms with Gasteiger partial charge in [-0.15, -0.1) is 0 Å². The second-order valence-electron chi connectivity index (χ2n) is 7.79. The van der Waals surface area contributed by atoms with Gasteiger partial charge in [-0.25, -0.2) is 14.4 Å². The lowest BCUT2D eigenvalue weighted by Crippen LogP contribution is -2.28. The molecule has 1 unspecified atom stereocenters. The van der Waals surface area contributed by atoms with Gasteiger partial charge in [0.05, 0.1) is 0 Å². The van der Waals surface area contributed by atoms with Crippen LogP contribution in [0.1, 0.15) is 16.7 Å². The van der Waals surface area contributed by atoms with Gasteiger partial charge >= 0.3 is 17.9 Å². The number of ether oxygens (including phenoxy) is 1. The standard InChI is InChI=1S/C18H16O8.C9H8O4/c19-12-4-1-10(7-14(12)21)3-6-17(23)26-16(18(24)25)9-11-2-5-13(20)15(22)8-11;10-7-3-1-6(5-8(7)11)2-4-9(12)13/h1-8,16,19-22H,9H2,(H,24,25);1-5,10-11H,(H,12,13)/b6-3+;4-2+. The number of carbonyl (C=O) groups excluding carboxylic acids is 1. The number of hydrogen-bond acceptors (Lipinski definition) is 10. The average Bonchev–Trinajstić information content (AvgIpc) is 2.87. The van der Waals surface area contributed by atoms with Crippen molar-refractivity contribution in [2.45, 2.75) is 12.5 Å². The van der Waals surface area contributed by atoms with Crippen LogP contribution in [0.15, 0.2) is 66.7 Å². The minimum absolute atomic E-state index is 0.206. The van der Waals surface area contributed by atoms with E-state index in [9.17, 15) is 39.9 Å². The van der Waals surface area contributed by atoms with Crippen LogP contribution in [0.3, 0.4) is 0 Å². The Balaban J connectivity index is 0.000000344. The van der Waals surface area contributed by atoms with Crippen LogP contribution in [0.2, 0.25) is 0 Å². The van der Waals surface area contributed by atoms with Crippen molar-refractivity contribution >= 4 is 30.1 Å². The van der Waals surface area contributed by atoms with Crippen LogP contribution < -0.4 is 0 Å².